The summed E-state index contributed by atoms with van der Waals surface area (Å²) in [4.78, 5) is 11.7. The lowest BCUT2D eigenvalue weighted by atomic mass is 10.1. The van der Waals surface area contributed by atoms with E-state index in [1.807, 2.05) is 6.08 Å². The topological polar surface area (TPSA) is 92.8 Å². The smallest absolute Gasteiger partial charge is 0.143 e. The summed E-state index contributed by atoms with van der Waals surface area (Å²) >= 11 is 3.55. The van der Waals surface area contributed by atoms with Crippen molar-refractivity contribution in [2.24, 2.45) is 0 Å². The lowest BCUT2D eigenvalue weighted by molar-refractivity contribution is 0.0435. The minimum atomic E-state index is 0.397. The van der Waals surface area contributed by atoms with E-state index in [0.717, 1.165) is 67.0 Å². The van der Waals surface area contributed by atoms with Gasteiger partial charge in [0.2, 0.25) is 0 Å². The van der Waals surface area contributed by atoms with E-state index in [9.17, 15) is 0 Å². The van der Waals surface area contributed by atoms with Crippen LogP contribution in [0.3, 0.4) is 0 Å². The Morgan fingerprint density at radius 2 is 1.05 bits per heavy atom. The molecule has 0 radical (unpaired) electrons. The SMILES string of the molecule is C=Cc1ccc(COCc2ccc(-c3ccc(/C=C/c4ccc(N5CCOc6cc(C)ccc6N6CCOCCOCCN(CCOCCOCC6)c6ccc(C)cc6OCC5)c(OCCOC)c4)s3)s2)cc1. The Hall–Kier alpha value is -5.68. The zero-order valence-electron chi connectivity index (χ0n) is 42.7. The normalized spacial score (nSPS) is 16.1. The zero-order valence-corrected chi connectivity index (χ0v) is 44.4. The van der Waals surface area contributed by atoms with Gasteiger partial charge in [0.1, 0.15) is 37.1 Å². The number of hydrogen-bond donors (Lipinski definition) is 0. The van der Waals surface area contributed by atoms with Gasteiger partial charge in [0.25, 0.3) is 0 Å². The first kappa shape index (κ1) is 53.6. The Bertz CT molecular complexity index is 2550. The van der Waals surface area contributed by atoms with Crippen LogP contribution >= 0.6 is 22.7 Å². The van der Waals surface area contributed by atoms with Crippen molar-refractivity contribution in [2.45, 2.75) is 27.1 Å². The second kappa shape index (κ2) is 28.7. The minimum Gasteiger partial charge on any atom is -0.490 e. The average molecular weight is 1030 g/mol. The van der Waals surface area contributed by atoms with Gasteiger partial charge in [0.05, 0.1) is 103 Å². The third-order valence-corrected chi connectivity index (χ3v) is 14.8. The largest absolute Gasteiger partial charge is 0.490 e. The molecule has 0 saturated carbocycles. The predicted octanol–water partition coefficient (Wildman–Crippen LogP) is 11.3. The molecule has 0 atom stereocenters. The second-order valence-corrected chi connectivity index (χ2v) is 20.1. The molecule has 5 heterocycles. The summed E-state index contributed by atoms with van der Waals surface area (Å²) in [5.74, 6) is 2.38. The van der Waals surface area contributed by atoms with Gasteiger partial charge in [-0.2, -0.15) is 0 Å². The maximum atomic E-state index is 6.78. The third-order valence-electron chi connectivity index (χ3n) is 12.5. The molecule has 14 heteroatoms. The molecule has 6 aromatic rings. The number of fused-ring (bicyclic) bond motifs is 20. The van der Waals surface area contributed by atoms with Crippen LogP contribution in [0.1, 0.15) is 37.6 Å². The molecule has 9 rings (SSSR count). The van der Waals surface area contributed by atoms with Crippen LogP contribution in [0.25, 0.3) is 28.0 Å². The summed E-state index contributed by atoms with van der Waals surface area (Å²) in [7, 11) is 1.69. The van der Waals surface area contributed by atoms with Gasteiger partial charge in [-0.15, -0.1) is 22.7 Å². The van der Waals surface area contributed by atoms with E-state index in [2.05, 4.69) is 150 Å². The summed E-state index contributed by atoms with van der Waals surface area (Å²) in [5, 5.41) is 0. The van der Waals surface area contributed by atoms with Gasteiger partial charge in [-0.25, -0.2) is 0 Å². The maximum absolute atomic E-state index is 6.78. The number of hydrogen-bond acceptors (Lipinski definition) is 14. The lowest BCUT2D eigenvalue weighted by Gasteiger charge is -2.30. The first-order valence-electron chi connectivity index (χ1n) is 25.4. The number of ether oxygens (including phenoxy) is 9. The number of benzene rings is 4. The summed E-state index contributed by atoms with van der Waals surface area (Å²) in [6.07, 6.45) is 6.18. The van der Waals surface area contributed by atoms with E-state index in [4.69, 9.17) is 42.6 Å². The van der Waals surface area contributed by atoms with E-state index in [0.29, 0.717) is 132 Å². The van der Waals surface area contributed by atoms with Crippen molar-refractivity contribution in [3.63, 3.8) is 0 Å². The summed E-state index contributed by atoms with van der Waals surface area (Å²) in [6, 6.07) is 36.2. The highest BCUT2D eigenvalue weighted by molar-refractivity contribution is 7.22. The molecule has 0 amide bonds. The van der Waals surface area contributed by atoms with E-state index in [1.54, 1.807) is 29.8 Å². The maximum Gasteiger partial charge on any atom is 0.143 e. The molecule has 0 N–H and O–H groups in total. The average Bonchev–Trinajstić information content (AvgIpc) is 4.08. The molecule has 1 fully saturated rings. The molecular weight excluding hydrogens is 959 g/mol. The molecule has 4 aromatic carbocycles. The number of aryl methyl sites for hydroxylation is 2. The fourth-order valence-electron chi connectivity index (χ4n) is 8.54. The number of thiophene rings is 2. The van der Waals surface area contributed by atoms with Gasteiger partial charge >= 0.3 is 0 Å². The second-order valence-electron chi connectivity index (χ2n) is 17.9. The van der Waals surface area contributed by atoms with E-state index < -0.39 is 0 Å². The summed E-state index contributed by atoms with van der Waals surface area (Å²) in [6.45, 7) is 18.8. The molecule has 2 bridgehead atoms. The number of methoxy groups -OCH3 is 1. The van der Waals surface area contributed by atoms with Crippen molar-refractivity contribution in [1.29, 1.82) is 0 Å². The Labute approximate surface area is 440 Å². The van der Waals surface area contributed by atoms with Crippen molar-refractivity contribution < 1.29 is 42.6 Å². The van der Waals surface area contributed by atoms with Crippen LogP contribution in [-0.4, -0.2) is 126 Å². The highest BCUT2D eigenvalue weighted by Gasteiger charge is 2.20. The van der Waals surface area contributed by atoms with Crippen molar-refractivity contribution in [3.05, 3.63) is 147 Å². The number of anilines is 3. The summed E-state index contributed by atoms with van der Waals surface area (Å²) in [5.41, 5.74) is 8.45. The van der Waals surface area contributed by atoms with Crippen LogP contribution in [0.5, 0.6) is 17.2 Å². The highest BCUT2D eigenvalue weighted by atomic mass is 32.1. The summed E-state index contributed by atoms with van der Waals surface area (Å²) < 4.78 is 56.1. The van der Waals surface area contributed by atoms with Gasteiger partial charge in [0.15, 0.2) is 0 Å². The van der Waals surface area contributed by atoms with E-state index >= 15 is 0 Å². The first-order valence-corrected chi connectivity index (χ1v) is 27.0. The molecular formula is C59H71N3O9S2. The molecule has 73 heavy (non-hydrogen) atoms. The van der Waals surface area contributed by atoms with Crippen molar-refractivity contribution in [2.75, 3.05) is 140 Å². The van der Waals surface area contributed by atoms with Crippen LogP contribution in [0, 0.1) is 13.8 Å². The molecule has 12 nitrogen and oxygen atoms in total. The first-order chi connectivity index (χ1) is 35.9. The molecule has 388 valence electrons. The Balaban J connectivity index is 1.03. The lowest BCUT2D eigenvalue weighted by Crippen LogP contribution is -2.34. The Morgan fingerprint density at radius 1 is 0.521 bits per heavy atom. The third kappa shape index (κ3) is 16.4. The van der Waals surface area contributed by atoms with Crippen LogP contribution in [0.4, 0.5) is 17.1 Å². The van der Waals surface area contributed by atoms with E-state index in [-0.39, 0.29) is 0 Å². The van der Waals surface area contributed by atoms with Gasteiger partial charge in [-0.3, -0.25) is 0 Å². The fourth-order valence-corrected chi connectivity index (χ4v) is 10.5. The predicted molar refractivity (Wildman–Crippen MR) is 299 cm³/mol. The van der Waals surface area contributed by atoms with Crippen molar-refractivity contribution in [1.82, 2.24) is 0 Å². The van der Waals surface area contributed by atoms with Crippen molar-refractivity contribution in [3.8, 4) is 27.0 Å². The Kier molecular flexibility index (Phi) is 21.1. The minimum absolute atomic E-state index is 0.397. The fraction of sp³-hybridized carbons (Fsp3) is 0.390. The van der Waals surface area contributed by atoms with Gasteiger partial charge in [-0.05, 0) is 108 Å². The van der Waals surface area contributed by atoms with Crippen molar-refractivity contribution >= 4 is 58.0 Å². The van der Waals surface area contributed by atoms with Gasteiger partial charge in [-0.1, -0.05) is 61.2 Å². The zero-order chi connectivity index (χ0) is 50.5. The number of nitrogens with zero attached hydrogens (tertiary/aromatic N) is 3. The standard InChI is InChI=1S/C59H71N3O9S2/c1-5-47-8-10-49(11-9-47)43-68-44-51-16-21-59(73-51)58-20-15-50(72-58)14-12-48-13-19-54(57(42-48)71-39-34-63-4)62-26-32-69-55-40-45(2)6-17-52(55)60-22-28-64-35-37-66-30-24-61(25-31-67-38-36-65-29-23-60)53-18-7-46(3)41-56(53)70-33-27-62/h5-21,40-42H,1,22-39,43-44H2,2-4H3/b14-12+. The molecule has 3 aliphatic heterocycles. The van der Waals surface area contributed by atoms with Crippen LogP contribution in [0.15, 0.2) is 110 Å². The van der Waals surface area contributed by atoms with Gasteiger partial charge < -0.3 is 57.3 Å². The van der Waals surface area contributed by atoms with Crippen LogP contribution < -0.4 is 28.9 Å². The molecule has 0 spiro atoms. The highest BCUT2D eigenvalue weighted by Crippen LogP contribution is 2.37. The van der Waals surface area contributed by atoms with E-state index in [1.165, 1.54) is 14.6 Å². The number of rotatable bonds is 13. The Morgan fingerprint density at radius 3 is 1.64 bits per heavy atom. The van der Waals surface area contributed by atoms with Gasteiger partial charge in [0, 0.05) is 52.8 Å². The molecule has 0 unspecified atom stereocenters. The molecule has 2 aromatic heterocycles. The van der Waals surface area contributed by atoms with Crippen LogP contribution in [0.2, 0.25) is 0 Å². The molecule has 3 aliphatic rings. The molecule has 1 saturated heterocycles. The van der Waals surface area contributed by atoms with Crippen LogP contribution in [-0.2, 0) is 41.6 Å². The monoisotopic (exact) mass is 1030 g/mol. The quantitative estimate of drug-likeness (QED) is 0.0815. The molecule has 0 aliphatic carbocycles.